The van der Waals surface area contributed by atoms with Crippen LogP contribution >= 0.6 is 0 Å². The third kappa shape index (κ3) is 2.88. The lowest BCUT2D eigenvalue weighted by Crippen LogP contribution is -2.00. The van der Waals surface area contributed by atoms with E-state index in [1.165, 1.54) is 12.1 Å². The van der Waals surface area contributed by atoms with E-state index in [-0.39, 0.29) is 5.82 Å². The van der Waals surface area contributed by atoms with Crippen LogP contribution in [-0.2, 0) is 6.61 Å². The molecule has 0 saturated heterocycles. The first kappa shape index (κ1) is 12.6. The van der Waals surface area contributed by atoms with Gasteiger partial charge in [-0.15, -0.1) is 0 Å². The molecule has 96 valence electrons. The summed E-state index contributed by atoms with van der Waals surface area (Å²) in [5.74, 6) is 0.510. The monoisotopic (exact) mass is 248 g/mol. The lowest BCUT2D eigenvalue weighted by atomic mass is 10.1. The summed E-state index contributed by atoms with van der Waals surface area (Å²) in [6, 6.07) is 5.02. The number of rotatable bonds is 4. The highest BCUT2D eigenvalue weighted by Crippen LogP contribution is 2.16. The molecule has 4 heteroatoms. The Bertz CT molecular complexity index is 534. The van der Waals surface area contributed by atoms with Crippen LogP contribution < -0.4 is 4.74 Å². The highest BCUT2D eigenvalue weighted by Gasteiger charge is 2.04. The van der Waals surface area contributed by atoms with Gasteiger partial charge in [0.25, 0.3) is 0 Å². The third-order valence-corrected chi connectivity index (χ3v) is 2.81. The average molecular weight is 248 g/mol. The van der Waals surface area contributed by atoms with Gasteiger partial charge in [0.05, 0.1) is 12.4 Å². The molecule has 1 aromatic heterocycles. The van der Waals surface area contributed by atoms with Crippen LogP contribution in [0.1, 0.15) is 31.0 Å². The van der Waals surface area contributed by atoms with Crippen molar-refractivity contribution in [3.63, 3.8) is 0 Å². The predicted octanol–water partition coefficient (Wildman–Crippen LogP) is 3.49. The maximum absolute atomic E-state index is 12.9. The van der Waals surface area contributed by atoms with E-state index in [1.807, 2.05) is 17.8 Å². The van der Waals surface area contributed by atoms with Gasteiger partial charge in [-0.2, -0.15) is 5.10 Å². The molecule has 0 radical (unpaired) electrons. The van der Waals surface area contributed by atoms with Crippen LogP contribution in [-0.4, -0.2) is 9.78 Å². The second-order valence-electron chi connectivity index (χ2n) is 4.61. The highest BCUT2D eigenvalue weighted by atomic mass is 19.1. The van der Waals surface area contributed by atoms with Crippen LogP contribution in [0.25, 0.3) is 0 Å². The number of hydrogen-bond acceptors (Lipinski definition) is 2. The molecule has 0 bridgehead atoms. The zero-order valence-electron chi connectivity index (χ0n) is 10.9. The summed E-state index contributed by atoms with van der Waals surface area (Å²) >= 11 is 0. The van der Waals surface area contributed by atoms with Crippen molar-refractivity contribution >= 4 is 0 Å². The first-order valence-electron chi connectivity index (χ1n) is 5.98. The summed E-state index contributed by atoms with van der Waals surface area (Å²) in [6.07, 6.45) is 3.56. The average Bonchev–Trinajstić information content (AvgIpc) is 2.76. The molecule has 18 heavy (non-hydrogen) atoms. The van der Waals surface area contributed by atoms with E-state index in [0.29, 0.717) is 12.6 Å². The second kappa shape index (κ2) is 5.21. The summed E-state index contributed by atoms with van der Waals surface area (Å²) in [5, 5.41) is 4.20. The van der Waals surface area contributed by atoms with Gasteiger partial charge >= 0.3 is 0 Å². The topological polar surface area (TPSA) is 27.1 Å². The van der Waals surface area contributed by atoms with Gasteiger partial charge in [0.1, 0.15) is 12.4 Å². The number of aryl methyl sites for hydroxylation is 1. The van der Waals surface area contributed by atoms with Crippen molar-refractivity contribution in [2.45, 2.75) is 33.4 Å². The molecule has 0 aliphatic carbocycles. The summed E-state index contributed by atoms with van der Waals surface area (Å²) in [6.45, 7) is 6.41. The molecule has 3 nitrogen and oxygen atoms in total. The Morgan fingerprint density at radius 1 is 1.39 bits per heavy atom. The molecule has 1 aromatic carbocycles. The van der Waals surface area contributed by atoms with Gasteiger partial charge < -0.3 is 4.74 Å². The number of hydrogen-bond donors (Lipinski definition) is 0. The highest BCUT2D eigenvalue weighted by molar-refractivity contribution is 5.26. The zero-order chi connectivity index (χ0) is 13.1. The third-order valence-electron chi connectivity index (χ3n) is 2.81. The van der Waals surface area contributed by atoms with E-state index in [2.05, 4.69) is 18.9 Å². The Morgan fingerprint density at radius 2 is 2.17 bits per heavy atom. The van der Waals surface area contributed by atoms with Crippen LogP contribution in [0.2, 0.25) is 0 Å². The summed E-state index contributed by atoms with van der Waals surface area (Å²) in [4.78, 5) is 0. The lowest BCUT2D eigenvalue weighted by molar-refractivity contribution is 0.304. The molecule has 2 aromatic rings. The van der Waals surface area contributed by atoms with E-state index < -0.39 is 0 Å². The molecule has 0 fully saturated rings. The molecule has 0 saturated carbocycles. The summed E-state index contributed by atoms with van der Waals surface area (Å²) in [7, 11) is 0. The second-order valence-corrected chi connectivity index (χ2v) is 4.61. The first-order chi connectivity index (χ1) is 8.56. The van der Waals surface area contributed by atoms with Crippen molar-refractivity contribution in [3.05, 3.63) is 47.5 Å². The van der Waals surface area contributed by atoms with Gasteiger partial charge in [-0.05, 0) is 44.0 Å². The number of halogens is 1. The maximum atomic E-state index is 12.9. The van der Waals surface area contributed by atoms with Crippen LogP contribution in [0.15, 0.2) is 30.6 Å². The lowest BCUT2D eigenvalue weighted by Gasteiger charge is -2.07. The zero-order valence-corrected chi connectivity index (χ0v) is 10.9. The Kier molecular flexibility index (Phi) is 3.65. The minimum Gasteiger partial charge on any atom is -0.486 e. The normalized spacial score (nSPS) is 10.9. The van der Waals surface area contributed by atoms with Crippen molar-refractivity contribution in [1.29, 1.82) is 0 Å². The van der Waals surface area contributed by atoms with Gasteiger partial charge in [0.15, 0.2) is 5.75 Å². The molecule has 0 amide bonds. The molecule has 0 unspecified atom stereocenters. The van der Waals surface area contributed by atoms with E-state index in [4.69, 9.17) is 4.74 Å². The fourth-order valence-corrected chi connectivity index (χ4v) is 1.66. The SMILES string of the molecule is Cc1cc(F)ccc1COc1cnn(C(C)C)c1. The largest absolute Gasteiger partial charge is 0.486 e. The number of nitrogens with zero attached hydrogens (tertiary/aromatic N) is 2. The molecule has 0 N–H and O–H groups in total. The molecule has 0 aliphatic rings. The fraction of sp³-hybridized carbons (Fsp3) is 0.357. The van der Waals surface area contributed by atoms with Crippen molar-refractivity contribution in [3.8, 4) is 5.75 Å². The minimum absolute atomic E-state index is 0.219. The van der Waals surface area contributed by atoms with Crippen LogP contribution in [0.4, 0.5) is 4.39 Å². The number of aromatic nitrogens is 2. The van der Waals surface area contributed by atoms with Crippen molar-refractivity contribution < 1.29 is 9.13 Å². The van der Waals surface area contributed by atoms with Crippen molar-refractivity contribution in [1.82, 2.24) is 9.78 Å². The Morgan fingerprint density at radius 3 is 2.78 bits per heavy atom. The Labute approximate surface area is 106 Å². The van der Waals surface area contributed by atoms with Gasteiger partial charge in [-0.3, -0.25) is 4.68 Å². The van der Waals surface area contributed by atoms with Crippen LogP contribution in [0.5, 0.6) is 5.75 Å². The summed E-state index contributed by atoms with van der Waals surface area (Å²) in [5.41, 5.74) is 1.87. The van der Waals surface area contributed by atoms with E-state index >= 15 is 0 Å². The van der Waals surface area contributed by atoms with E-state index in [1.54, 1.807) is 12.3 Å². The predicted molar refractivity (Wildman–Crippen MR) is 68.1 cm³/mol. The quantitative estimate of drug-likeness (QED) is 0.828. The van der Waals surface area contributed by atoms with E-state index in [0.717, 1.165) is 16.9 Å². The van der Waals surface area contributed by atoms with Gasteiger partial charge in [-0.1, -0.05) is 6.07 Å². The summed E-state index contributed by atoms with van der Waals surface area (Å²) < 4.78 is 20.4. The standard InChI is InChI=1S/C14H17FN2O/c1-10(2)17-8-14(7-16-17)18-9-12-4-5-13(15)6-11(12)3/h4-8,10H,9H2,1-3H3. The molecule has 1 heterocycles. The molecule has 2 rings (SSSR count). The molecule has 0 aliphatic heterocycles. The maximum Gasteiger partial charge on any atom is 0.157 e. The molecule has 0 spiro atoms. The van der Waals surface area contributed by atoms with Crippen LogP contribution in [0.3, 0.4) is 0 Å². The molecular weight excluding hydrogens is 231 g/mol. The Hall–Kier alpha value is -1.84. The van der Waals surface area contributed by atoms with Crippen LogP contribution in [0, 0.1) is 12.7 Å². The fourth-order valence-electron chi connectivity index (χ4n) is 1.66. The van der Waals surface area contributed by atoms with E-state index in [9.17, 15) is 4.39 Å². The first-order valence-corrected chi connectivity index (χ1v) is 5.98. The number of ether oxygens (including phenoxy) is 1. The molecular formula is C14H17FN2O. The Balaban J connectivity index is 2.02. The number of benzene rings is 1. The smallest absolute Gasteiger partial charge is 0.157 e. The van der Waals surface area contributed by atoms with Gasteiger partial charge in [0, 0.05) is 6.04 Å². The van der Waals surface area contributed by atoms with Gasteiger partial charge in [-0.25, -0.2) is 4.39 Å². The van der Waals surface area contributed by atoms with Crippen molar-refractivity contribution in [2.75, 3.05) is 0 Å². The molecule has 0 atom stereocenters. The minimum atomic E-state index is -0.219. The van der Waals surface area contributed by atoms with Crippen molar-refractivity contribution in [2.24, 2.45) is 0 Å². The van der Waals surface area contributed by atoms with Gasteiger partial charge in [0.2, 0.25) is 0 Å².